The SMILES string of the molecule is CNC(c1nccnc1OC)C1CCCC1. The Morgan fingerprint density at radius 1 is 1.31 bits per heavy atom. The maximum atomic E-state index is 5.27. The van der Waals surface area contributed by atoms with Crippen LogP contribution in [0.5, 0.6) is 5.88 Å². The number of nitrogens with one attached hydrogen (secondary N) is 1. The Morgan fingerprint density at radius 3 is 2.62 bits per heavy atom. The first-order valence-corrected chi connectivity index (χ1v) is 5.89. The lowest BCUT2D eigenvalue weighted by molar-refractivity contribution is 0.342. The van der Waals surface area contributed by atoms with Gasteiger partial charge in [-0.05, 0) is 25.8 Å². The van der Waals surface area contributed by atoms with Crippen LogP contribution in [0.15, 0.2) is 12.4 Å². The number of methoxy groups -OCH3 is 1. The molecule has 88 valence electrons. The zero-order valence-electron chi connectivity index (χ0n) is 9.94. The molecule has 4 heteroatoms. The lowest BCUT2D eigenvalue weighted by atomic mass is 9.95. The van der Waals surface area contributed by atoms with Gasteiger partial charge >= 0.3 is 0 Å². The Labute approximate surface area is 96.4 Å². The fourth-order valence-electron chi connectivity index (χ4n) is 2.59. The molecule has 1 aromatic rings. The molecule has 1 heterocycles. The van der Waals surface area contributed by atoms with Crippen LogP contribution in [0.2, 0.25) is 0 Å². The van der Waals surface area contributed by atoms with E-state index in [2.05, 4.69) is 15.3 Å². The fraction of sp³-hybridized carbons (Fsp3) is 0.667. The van der Waals surface area contributed by atoms with Gasteiger partial charge in [0.2, 0.25) is 5.88 Å². The first-order chi connectivity index (χ1) is 7.86. The van der Waals surface area contributed by atoms with Crippen molar-refractivity contribution >= 4 is 0 Å². The number of ether oxygens (including phenoxy) is 1. The van der Waals surface area contributed by atoms with E-state index in [0.717, 1.165) is 5.69 Å². The van der Waals surface area contributed by atoms with E-state index in [1.54, 1.807) is 19.5 Å². The molecule has 1 aliphatic rings. The number of hydrogen-bond acceptors (Lipinski definition) is 4. The van der Waals surface area contributed by atoms with Crippen molar-refractivity contribution in [1.82, 2.24) is 15.3 Å². The van der Waals surface area contributed by atoms with Gasteiger partial charge in [-0.25, -0.2) is 4.98 Å². The van der Waals surface area contributed by atoms with Crippen LogP contribution in [0.25, 0.3) is 0 Å². The van der Waals surface area contributed by atoms with E-state index in [1.165, 1.54) is 25.7 Å². The molecule has 2 rings (SSSR count). The smallest absolute Gasteiger partial charge is 0.237 e. The Kier molecular flexibility index (Phi) is 3.72. The van der Waals surface area contributed by atoms with E-state index in [0.29, 0.717) is 11.8 Å². The molecule has 1 aromatic heterocycles. The first kappa shape index (κ1) is 11.3. The van der Waals surface area contributed by atoms with Crippen LogP contribution in [-0.4, -0.2) is 24.1 Å². The van der Waals surface area contributed by atoms with Crippen molar-refractivity contribution in [3.05, 3.63) is 18.1 Å². The van der Waals surface area contributed by atoms with E-state index in [1.807, 2.05) is 7.05 Å². The summed E-state index contributed by atoms with van der Waals surface area (Å²) >= 11 is 0. The summed E-state index contributed by atoms with van der Waals surface area (Å²) < 4.78 is 5.27. The average Bonchev–Trinajstić information content (AvgIpc) is 2.84. The molecular formula is C12H19N3O. The van der Waals surface area contributed by atoms with Crippen molar-refractivity contribution in [3.8, 4) is 5.88 Å². The van der Waals surface area contributed by atoms with Gasteiger partial charge in [0, 0.05) is 12.4 Å². The fourth-order valence-corrected chi connectivity index (χ4v) is 2.59. The monoisotopic (exact) mass is 221 g/mol. The van der Waals surface area contributed by atoms with E-state index in [-0.39, 0.29) is 6.04 Å². The molecule has 1 aliphatic carbocycles. The lowest BCUT2D eigenvalue weighted by Gasteiger charge is -2.23. The van der Waals surface area contributed by atoms with Crippen molar-refractivity contribution in [2.75, 3.05) is 14.2 Å². The van der Waals surface area contributed by atoms with Crippen LogP contribution < -0.4 is 10.1 Å². The molecule has 1 atom stereocenters. The molecule has 0 radical (unpaired) electrons. The molecule has 4 nitrogen and oxygen atoms in total. The molecule has 0 bridgehead atoms. The molecule has 1 fully saturated rings. The van der Waals surface area contributed by atoms with Gasteiger partial charge in [-0.2, -0.15) is 0 Å². The van der Waals surface area contributed by atoms with Gasteiger partial charge in [0.25, 0.3) is 0 Å². The highest BCUT2D eigenvalue weighted by Gasteiger charge is 2.28. The van der Waals surface area contributed by atoms with Crippen LogP contribution in [0.4, 0.5) is 0 Å². The third-order valence-electron chi connectivity index (χ3n) is 3.36. The number of rotatable bonds is 4. The summed E-state index contributed by atoms with van der Waals surface area (Å²) in [5, 5.41) is 3.35. The standard InChI is InChI=1S/C12H19N3O/c1-13-10(9-5-3-4-6-9)11-12(16-2)15-8-7-14-11/h7-10,13H,3-6H2,1-2H3. The molecule has 0 spiro atoms. The highest BCUT2D eigenvalue weighted by molar-refractivity contribution is 5.22. The molecular weight excluding hydrogens is 202 g/mol. The molecule has 0 aliphatic heterocycles. The van der Waals surface area contributed by atoms with Gasteiger partial charge < -0.3 is 10.1 Å². The number of nitrogens with zero attached hydrogens (tertiary/aromatic N) is 2. The Hall–Kier alpha value is -1.16. The van der Waals surface area contributed by atoms with Crippen molar-refractivity contribution in [2.24, 2.45) is 5.92 Å². The van der Waals surface area contributed by atoms with E-state index < -0.39 is 0 Å². The molecule has 0 amide bonds. The van der Waals surface area contributed by atoms with Gasteiger partial charge in [0.15, 0.2) is 0 Å². The topological polar surface area (TPSA) is 47.0 Å². The van der Waals surface area contributed by atoms with Crippen molar-refractivity contribution in [2.45, 2.75) is 31.7 Å². The summed E-state index contributed by atoms with van der Waals surface area (Å²) in [6, 6.07) is 0.270. The minimum atomic E-state index is 0.270. The van der Waals surface area contributed by atoms with Crippen LogP contribution in [0.1, 0.15) is 37.4 Å². The summed E-state index contributed by atoms with van der Waals surface area (Å²) in [5.41, 5.74) is 0.944. The predicted molar refractivity (Wildman–Crippen MR) is 62.3 cm³/mol. The van der Waals surface area contributed by atoms with Crippen molar-refractivity contribution in [1.29, 1.82) is 0 Å². The molecule has 0 saturated heterocycles. The predicted octanol–water partition coefficient (Wildman–Crippen LogP) is 1.94. The molecule has 0 aromatic carbocycles. The van der Waals surface area contributed by atoms with Gasteiger partial charge in [-0.15, -0.1) is 0 Å². The zero-order chi connectivity index (χ0) is 11.4. The Morgan fingerprint density at radius 2 is 2.00 bits per heavy atom. The maximum absolute atomic E-state index is 5.27. The molecule has 16 heavy (non-hydrogen) atoms. The van der Waals surface area contributed by atoms with Crippen LogP contribution in [0, 0.1) is 5.92 Å². The molecule has 1 unspecified atom stereocenters. The lowest BCUT2D eigenvalue weighted by Crippen LogP contribution is -2.25. The molecule has 1 saturated carbocycles. The zero-order valence-corrected chi connectivity index (χ0v) is 9.94. The van der Waals surface area contributed by atoms with Crippen molar-refractivity contribution < 1.29 is 4.74 Å². The summed E-state index contributed by atoms with van der Waals surface area (Å²) in [4.78, 5) is 8.63. The van der Waals surface area contributed by atoms with Gasteiger partial charge in [0.05, 0.1) is 13.2 Å². The normalized spacial score (nSPS) is 18.6. The average molecular weight is 221 g/mol. The maximum Gasteiger partial charge on any atom is 0.237 e. The Bertz CT molecular complexity index is 337. The molecule has 1 N–H and O–H groups in total. The number of hydrogen-bond donors (Lipinski definition) is 1. The van der Waals surface area contributed by atoms with Crippen LogP contribution in [-0.2, 0) is 0 Å². The second-order valence-corrected chi connectivity index (χ2v) is 4.26. The van der Waals surface area contributed by atoms with E-state index in [9.17, 15) is 0 Å². The van der Waals surface area contributed by atoms with E-state index >= 15 is 0 Å². The first-order valence-electron chi connectivity index (χ1n) is 5.89. The van der Waals surface area contributed by atoms with E-state index in [4.69, 9.17) is 4.74 Å². The quantitative estimate of drug-likeness (QED) is 0.844. The van der Waals surface area contributed by atoms with Crippen molar-refractivity contribution in [3.63, 3.8) is 0 Å². The summed E-state index contributed by atoms with van der Waals surface area (Å²) in [5.74, 6) is 1.31. The highest BCUT2D eigenvalue weighted by Crippen LogP contribution is 2.36. The van der Waals surface area contributed by atoms with Gasteiger partial charge in [0.1, 0.15) is 5.69 Å². The minimum Gasteiger partial charge on any atom is -0.480 e. The second kappa shape index (κ2) is 5.25. The summed E-state index contributed by atoms with van der Waals surface area (Å²) in [7, 11) is 3.63. The third-order valence-corrected chi connectivity index (χ3v) is 3.36. The highest BCUT2D eigenvalue weighted by atomic mass is 16.5. The van der Waals surface area contributed by atoms with Gasteiger partial charge in [-0.3, -0.25) is 4.98 Å². The second-order valence-electron chi connectivity index (χ2n) is 4.26. The minimum absolute atomic E-state index is 0.270. The van der Waals surface area contributed by atoms with Crippen LogP contribution in [0.3, 0.4) is 0 Å². The Balaban J connectivity index is 2.24. The van der Waals surface area contributed by atoms with Gasteiger partial charge in [-0.1, -0.05) is 12.8 Å². The summed E-state index contributed by atoms with van der Waals surface area (Å²) in [6.45, 7) is 0. The number of aromatic nitrogens is 2. The third kappa shape index (κ3) is 2.16. The largest absolute Gasteiger partial charge is 0.480 e. The van der Waals surface area contributed by atoms with Crippen LogP contribution >= 0.6 is 0 Å². The summed E-state index contributed by atoms with van der Waals surface area (Å²) in [6.07, 6.45) is 8.59.